The number of hydrogen-bond acceptors (Lipinski definition) is 3. The average Bonchev–Trinajstić information content (AvgIpc) is 2.89. The van der Waals surface area contributed by atoms with Crippen LogP contribution in [-0.4, -0.2) is 52.7 Å². The predicted octanol–water partition coefficient (Wildman–Crippen LogP) is 2.25. The van der Waals surface area contributed by atoms with E-state index in [2.05, 4.69) is 20.9 Å². The summed E-state index contributed by atoms with van der Waals surface area (Å²) in [5.41, 5.74) is 1.33. The van der Waals surface area contributed by atoms with Gasteiger partial charge >= 0.3 is 5.97 Å². The van der Waals surface area contributed by atoms with Gasteiger partial charge < -0.3 is 19.7 Å². The normalized spacial score (nSPS) is 18.6. The van der Waals surface area contributed by atoms with Crippen molar-refractivity contribution in [3.05, 3.63) is 34.4 Å². The zero-order chi connectivity index (χ0) is 15.7. The van der Waals surface area contributed by atoms with Crippen molar-refractivity contribution in [1.82, 2.24) is 9.88 Å². The minimum atomic E-state index is -0.936. The fraction of sp³-hybridized carbons (Fsp3) is 0.333. The summed E-state index contributed by atoms with van der Waals surface area (Å²) in [4.78, 5) is 28.3. The van der Waals surface area contributed by atoms with Crippen molar-refractivity contribution < 1.29 is 19.4 Å². The van der Waals surface area contributed by atoms with Gasteiger partial charge in [0.1, 0.15) is 5.69 Å². The molecule has 2 aromatic rings. The molecule has 0 spiro atoms. The second-order valence-electron chi connectivity index (χ2n) is 5.24. The number of morpholine rings is 1. The van der Waals surface area contributed by atoms with E-state index in [9.17, 15) is 9.59 Å². The number of amides is 1. The van der Waals surface area contributed by atoms with E-state index < -0.39 is 12.0 Å². The summed E-state index contributed by atoms with van der Waals surface area (Å²) < 4.78 is 6.24. The lowest BCUT2D eigenvalue weighted by atomic mass is 10.1. The number of aromatic amines is 1. The SMILES string of the molecule is O=C(O)CC1COCCN1C(=O)c1cc2cc(Br)ccc2[nH]1. The zero-order valence-electron chi connectivity index (χ0n) is 11.7. The summed E-state index contributed by atoms with van der Waals surface area (Å²) in [5, 5.41) is 9.91. The number of rotatable bonds is 3. The number of carboxylic acid groups (broad SMARTS) is 1. The van der Waals surface area contributed by atoms with Gasteiger partial charge in [-0.1, -0.05) is 15.9 Å². The molecule has 1 saturated heterocycles. The Morgan fingerprint density at radius 3 is 3.00 bits per heavy atom. The Balaban J connectivity index is 1.87. The van der Waals surface area contributed by atoms with Gasteiger partial charge in [-0.15, -0.1) is 0 Å². The minimum Gasteiger partial charge on any atom is -0.481 e. The monoisotopic (exact) mass is 366 g/mol. The molecule has 1 atom stereocenters. The molecule has 1 aromatic heterocycles. The smallest absolute Gasteiger partial charge is 0.305 e. The Hall–Kier alpha value is -1.86. The molecular weight excluding hydrogens is 352 g/mol. The van der Waals surface area contributed by atoms with Gasteiger partial charge in [0.15, 0.2) is 0 Å². The zero-order valence-corrected chi connectivity index (χ0v) is 13.3. The van der Waals surface area contributed by atoms with Crippen molar-refractivity contribution in [2.24, 2.45) is 0 Å². The van der Waals surface area contributed by atoms with Crippen molar-refractivity contribution in [3.63, 3.8) is 0 Å². The first-order valence-corrected chi connectivity index (χ1v) is 7.72. The molecule has 0 radical (unpaired) electrons. The van der Waals surface area contributed by atoms with Gasteiger partial charge in [0.25, 0.3) is 5.91 Å². The van der Waals surface area contributed by atoms with Crippen LogP contribution >= 0.6 is 15.9 Å². The Labute approximate surface area is 135 Å². The molecule has 1 aliphatic rings. The van der Waals surface area contributed by atoms with Gasteiger partial charge in [-0.25, -0.2) is 0 Å². The Morgan fingerprint density at radius 2 is 2.23 bits per heavy atom. The highest BCUT2D eigenvalue weighted by Gasteiger charge is 2.30. The van der Waals surface area contributed by atoms with E-state index in [0.29, 0.717) is 18.8 Å². The third-order valence-electron chi connectivity index (χ3n) is 3.71. The molecule has 0 aliphatic carbocycles. The van der Waals surface area contributed by atoms with Crippen LogP contribution in [0.25, 0.3) is 10.9 Å². The number of hydrogen-bond donors (Lipinski definition) is 2. The average molecular weight is 367 g/mol. The number of carbonyl (C=O) groups excluding carboxylic acids is 1. The summed E-state index contributed by atoms with van der Waals surface area (Å²) in [7, 11) is 0. The van der Waals surface area contributed by atoms with E-state index in [1.165, 1.54) is 0 Å². The molecule has 1 aromatic carbocycles. The molecule has 6 nitrogen and oxygen atoms in total. The molecule has 2 heterocycles. The molecule has 1 amide bonds. The van der Waals surface area contributed by atoms with Gasteiger partial charge in [0.2, 0.25) is 0 Å². The van der Waals surface area contributed by atoms with Crippen molar-refractivity contribution >= 4 is 38.7 Å². The summed E-state index contributed by atoms with van der Waals surface area (Å²) in [5.74, 6) is -1.13. The van der Waals surface area contributed by atoms with Gasteiger partial charge in [-0.3, -0.25) is 9.59 Å². The minimum absolute atomic E-state index is 0.114. The number of nitrogens with one attached hydrogen (secondary N) is 1. The highest BCUT2D eigenvalue weighted by atomic mass is 79.9. The van der Waals surface area contributed by atoms with E-state index in [4.69, 9.17) is 9.84 Å². The van der Waals surface area contributed by atoms with Crippen LogP contribution in [0.1, 0.15) is 16.9 Å². The van der Waals surface area contributed by atoms with Crippen LogP contribution in [0.3, 0.4) is 0 Å². The first kappa shape index (κ1) is 15.1. The quantitative estimate of drug-likeness (QED) is 0.872. The molecule has 0 saturated carbocycles. The Kier molecular flexibility index (Phi) is 4.17. The molecule has 3 rings (SSSR count). The van der Waals surface area contributed by atoms with E-state index >= 15 is 0 Å². The number of carboxylic acids is 1. The third kappa shape index (κ3) is 3.00. The summed E-state index contributed by atoms with van der Waals surface area (Å²) >= 11 is 3.40. The summed E-state index contributed by atoms with van der Waals surface area (Å²) in [6.45, 7) is 1.08. The maximum atomic E-state index is 12.7. The van der Waals surface area contributed by atoms with Gasteiger partial charge in [0.05, 0.1) is 25.7 Å². The Morgan fingerprint density at radius 1 is 1.41 bits per heavy atom. The standard InChI is InChI=1S/C15H15BrN2O4/c16-10-1-2-12-9(5-10)6-13(17-12)15(21)18-3-4-22-8-11(18)7-14(19)20/h1-2,5-6,11,17H,3-4,7-8H2,(H,19,20). The van der Waals surface area contributed by atoms with E-state index in [-0.39, 0.29) is 18.9 Å². The molecule has 0 bridgehead atoms. The van der Waals surface area contributed by atoms with Crippen LogP contribution < -0.4 is 0 Å². The fourth-order valence-electron chi connectivity index (χ4n) is 2.67. The second-order valence-corrected chi connectivity index (χ2v) is 6.16. The van der Waals surface area contributed by atoms with Crippen LogP contribution in [0.15, 0.2) is 28.7 Å². The number of H-pyrrole nitrogens is 1. The largest absolute Gasteiger partial charge is 0.481 e. The predicted molar refractivity (Wildman–Crippen MR) is 83.9 cm³/mol. The summed E-state index contributed by atoms with van der Waals surface area (Å²) in [6.07, 6.45) is -0.114. The highest BCUT2D eigenvalue weighted by molar-refractivity contribution is 9.10. The van der Waals surface area contributed by atoms with Crippen molar-refractivity contribution in [3.8, 4) is 0 Å². The number of fused-ring (bicyclic) bond motifs is 1. The lowest BCUT2D eigenvalue weighted by Gasteiger charge is -2.34. The third-order valence-corrected chi connectivity index (χ3v) is 4.21. The maximum absolute atomic E-state index is 12.7. The highest BCUT2D eigenvalue weighted by Crippen LogP contribution is 2.22. The van der Waals surface area contributed by atoms with Crippen molar-refractivity contribution in [2.75, 3.05) is 19.8 Å². The Bertz CT molecular complexity index is 727. The fourth-order valence-corrected chi connectivity index (χ4v) is 3.05. The van der Waals surface area contributed by atoms with E-state index in [1.807, 2.05) is 18.2 Å². The van der Waals surface area contributed by atoms with Gasteiger partial charge in [-0.05, 0) is 24.3 Å². The van der Waals surface area contributed by atoms with Crippen LogP contribution in [-0.2, 0) is 9.53 Å². The van der Waals surface area contributed by atoms with Crippen LogP contribution in [0.2, 0.25) is 0 Å². The molecular formula is C15H15BrN2O4. The molecule has 1 aliphatic heterocycles. The number of benzene rings is 1. The topological polar surface area (TPSA) is 82.6 Å². The van der Waals surface area contributed by atoms with Crippen molar-refractivity contribution in [2.45, 2.75) is 12.5 Å². The first-order valence-electron chi connectivity index (χ1n) is 6.93. The number of carbonyl (C=O) groups is 2. The first-order chi connectivity index (χ1) is 10.5. The number of aromatic nitrogens is 1. The van der Waals surface area contributed by atoms with Gasteiger partial charge in [-0.2, -0.15) is 0 Å². The van der Waals surface area contributed by atoms with Crippen LogP contribution in [0, 0.1) is 0 Å². The summed E-state index contributed by atoms with van der Waals surface area (Å²) in [6, 6.07) is 7.07. The molecule has 2 N–H and O–H groups in total. The van der Waals surface area contributed by atoms with E-state index in [1.54, 1.807) is 11.0 Å². The number of ether oxygens (including phenoxy) is 1. The van der Waals surface area contributed by atoms with E-state index in [0.717, 1.165) is 15.4 Å². The lowest BCUT2D eigenvalue weighted by molar-refractivity contribution is -0.139. The molecule has 1 unspecified atom stereocenters. The lowest BCUT2D eigenvalue weighted by Crippen LogP contribution is -2.49. The number of aliphatic carboxylic acids is 1. The van der Waals surface area contributed by atoms with Crippen LogP contribution in [0.4, 0.5) is 0 Å². The van der Waals surface area contributed by atoms with Crippen molar-refractivity contribution in [1.29, 1.82) is 0 Å². The second kappa shape index (κ2) is 6.10. The number of halogens is 1. The van der Waals surface area contributed by atoms with Crippen LogP contribution in [0.5, 0.6) is 0 Å². The molecule has 1 fully saturated rings. The molecule has 7 heteroatoms. The maximum Gasteiger partial charge on any atom is 0.305 e. The molecule has 116 valence electrons. The van der Waals surface area contributed by atoms with Gasteiger partial charge in [0, 0.05) is 21.9 Å². The molecule has 22 heavy (non-hydrogen) atoms. The number of nitrogens with zero attached hydrogens (tertiary/aromatic N) is 1.